The highest BCUT2D eigenvalue weighted by Gasteiger charge is 2.29. The van der Waals surface area contributed by atoms with Crippen molar-refractivity contribution >= 4 is 44.6 Å². The number of ether oxygens (including phenoxy) is 1. The van der Waals surface area contributed by atoms with Gasteiger partial charge in [0.25, 0.3) is 5.91 Å². The van der Waals surface area contributed by atoms with E-state index in [1.165, 1.54) is 31.2 Å². The van der Waals surface area contributed by atoms with Gasteiger partial charge in [0.15, 0.2) is 16.4 Å². The summed E-state index contributed by atoms with van der Waals surface area (Å²) < 4.78 is 44.5. The summed E-state index contributed by atoms with van der Waals surface area (Å²) in [6, 6.07) is 6.55. The van der Waals surface area contributed by atoms with E-state index in [2.05, 4.69) is 10.6 Å². The van der Waals surface area contributed by atoms with E-state index < -0.39 is 26.8 Å². The van der Waals surface area contributed by atoms with E-state index in [-0.39, 0.29) is 40.3 Å². The first-order chi connectivity index (χ1) is 13.6. The Kier molecular flexibility index (Phi) is 5.81. The van der Waals surface area contributed by atoms with Gasteiger partial charge < -0.3 is 15.4 Å². The van der Waals surface area contributed by atoms with Gasteiger partial charge in [-0.1, -0.05) is 11.6 Å². The van der Waals surface area contributed by atoms with Crippen LogP contribution in [0.4, 0.5) is 15.8 Å². The molecule has 0 saturated carbocycles. The lowest BCUT2D eigenvalue weighted by molar-refractivity contribution is -0.118. The van der Waals surface area contributed by atoms with Gasteiger partial charge in [0.05, 0.1) is 20.9 Å². The summed E-state index contributed by atoms with van der Waals surface area (Å²) in [7, 11) is -3.86. The molecule has 0 saturated heterocycles. The molecule has 1 unspecified atom stereocenters. The third kappa shape index (κ3) is 4.51. The molecule has 1 heterocycles. The predicted molar refractivity (Wildman–Crippen MR) is 107 cm³/mol. The highest BCUT2D eigenvalue weighted by Crippen LogP contribution is 2.34. The molecule has 0 aromatic heterocycles. The third-order valence-electron chi connectivity index (χ3n) is 4.42. The molecule has 1 aliphatic rings. The minimum absolute atomic E-state index is 0.0255. The van der Waals surface area contributed by atoms with Gasteiger partial charge in [0, 0.05) is 18.2 Å². The first-order valence-corrected chi connectivity index (χ1v) is 10.6. The number of anilines is 2. The first-order valence-electron chi connectivity index (χ1n) is 8.64. The van der Waals surface area contributed by atoms with Gasteiger partial charge in [0.2, 0.25) is 5.91 Å². The van der Waals surface area contributed by atoms with Crippen LogP contribution in [0.5, 0.6) is 5.75 Å². The average molecular weight is 441 g/mol. The summed E-state index contributed by atoms with van der Waals surface area (Å²) in [6.45, 7) is 2.82. The van der Waals surface area contributed by atoms with Crippen molar-refractivity contribution in [3.63, 3.8) is 0 Å². The van der Waals surface area contributed by atoms with Crippen molar-refractivity contribution in [3.8, 4) is 5.75 Å². The molecule has 2 aromatic carbocycles. The van der Waals surface area contributed by atoms with Crippen LogP contribution in [0.15, 0.2) is 35.2 Å². The van der Waals surface area contributed by atoms with Crippen LogP contribution in [-0.2, 0) is 19.4 Å². The number of nitrogens with one attached hydrogen (secondary N) is 2. The molecule has 7 nitrogen and oxygen atoms in total. The Morgan fingerprint density at radius 1 is 1.34 bits per heavy atom. The summed E-state index contributed by atoms with van der Waals surface area (Å²) in [5.41, 5.74) is 1.09. The lowest BCUT2D eigenvalue weighted by atomic mass is 10.2. The number of carbonyl (C=O) groups is 2. The Morgan fingerprint density at radius 2 is 2.07 bits per heavy atom. The molecule has 29 heavy (non-hydrogen) atoms. The Morgan fingerprint density at radius 3 is 2.76 bits per heavy atom. The molecule has 154 valence electrons. The van der Waals surface area contributed by atoms with Crippen molar-refractivity contribution in [1.29, 1.82) is 0 Å². The molecule has 0 spiro atoms. The molecular formula is C19H18ClFN2O5S. The van der Waals surface area contributed by atoms with Crippen LogP contribution in [-0.4, -0.2) is 32.1 Å². The van der Waals surface area contributed by atoms with Crippen LogP contribution < -0.4 is 15.4 Å². The number of sulfone groups is 1. The van der Waals surface area contributed by atoms with Crippen molar-refractivity contribution in [1.82, 2.24) is 0 Å². The quantitative estimate of drug-likeness (QED) is 0.742. The zero-order valence-electron chi connectivity index (χ0n) is 15.6. The second kappa shape index (κ2) is 8.00. The number of fused-ring (bicyclic) bond motifs is 1. The maximum atomic E-state index is 13.2. The molecule has 2 aromatic rings. The van der Waals surface area contributed by atoms with Crippen molar-refractivity contribution in [2.24, 2.45) is 0 Å². The summed E-state index contributed by atoms with van der Waals surface area (Å²) in [5.74, 6) is -1.24. The number of hydrogen-bond acceptors (Lipinski definition) is 5. The molecule has 0 radical (unpaired) electrons. The first kappa shape index (κ1) is 21.1. The highest BCUT2D eigenvalue weighted by atomic mass is 35.5. The molecule has 2 amide bonds. The van der Waals surface area contributed by atoms with Crippen molar-refractivity contribution in [2.45, 2.75) is 30.4 Å². The predicted octanol–water partition coefficient (Wildman–Crippen LogP) is 3.31. The van der Waals surface area contributed by atoms with Gasteiger partial charge in [0.1, 0.15) is 11.6 Å². The van der Waals surface area contributed by atoms with E-state index in [0.717, 1.165) is 6.07 Å². The number of halogens is 2. The zero-order chi connectivity index (χ0) is 21.3. The number of aryl methyl sites for hydroxylation is 1. The van der Waals surface area contributed by atoms with Gasteiger partial charge in [-0.15, -0.1) is 0 Å². The Hall–Kier alpha value is -2.65. The normalized spacial score (nSPS) is 14.4. The number of rotatable bonds is 5. The van der Waals surface area contributed by atoms with Gasteiger partial charge in [-0.3, -0.25) is 9.59 Å². The Bertz CT molecular complexity index is 1100. The Labute approximate surface area is 172 Å². The zero-order valence-corrected chi connectivity index (χ0v) is 17.2. The second-order valence-electron chi connectivity index (χ2n) is 6.69. The van der Waals surface area contributed by atoms with Crippen molar-refractivity contribution < 1.29 is 27.1 Å². The summed E-state index contributed by atoms with van der Waals surface area (Å²) >= 11 is 5.68. The van der Waals surface area contributed by atoms with E-state index >= 15 is 0 Å². The van der Waals surface area contributed by atoms with E-state index in [9.17, 15) is 22.4 Å². The standard InChI is InChI=1S/C19H18ClFN2O5S/c1-10-5-15-16(28-9-19(25)23-15)8-17(10)29(26,27)11(2)6-18(24)22-12-3-4-14(21)13(20)7-12/h3-5,7-8,11H,6,9H2,1-2H3,(H,22,24)(H,23,25). The minimum atomic E-state index is -3.86. The van der Waals surface area contributed by atoms with Crippen LogP contribution in [0.1, 0.15) is 18.9 Å². The topological polar surface area (TPSA) is 102 Å². The molecule has 1 aliphatic heterocycles. The SMILES string of the molecule is Cc1cc2c(cc1S(=O)(=O)C(C)CC(=O)Nc1ccc(F)c(Cl)c1)OCC(=O)N2. The maximum Gasteiger partial charge on any atom is 0.262 e. The van der Waals surface area contributed by atoms with E-state index in [4.69, 9.17) is 16.3 Å². The fraction of sp³-hybridized carbons (Fsp3) is 0.263. The lowest BCUT2D eigenvalue weighted by Crippen LogP contribution is -2.27. The molecule has 0 bridgehead atoms. The molecule has 0 aliphatic carbocycles. The van der Waals surface area contributed by atoms with Crippen LogP contribution in [0, 0.1) is 12.7 Å². The van der Waals surface area contributed by atoms with Gasteiger partial charge >= 0.3 is 0 Å². The number of benzene rings is 2. The summed E-state index contributed by atoms with van der Waals surface area (Å²) in [4.78, 5) is 23.7. The number of hydrogen-bond donors (Lipinski definition) is 2. The maximum absolute atomic E-state index is 13.2. The third-order valence-corrected chi connectivity index (χ3v) is 6.99. The molecule has 2 N–H and O–H groups in total. The molecule has 3 rings (SSSR count). The average Bonchev–Trinajstić information content (AvgIpc) is 2.63. The van der Waals surface area contributed by atoms with Crippen LogP contribution >= 0.6 is 11.6 Å². The lowest BCUT2D eigenvalue weighted by Gasteiger charge is -2.21. The van der Waals surface area contributed by atoms with Crippen molar-refractivity contribution in [3.05, 3.63) is 46.7 Å². The largest absolute Gasteiger partial charge is 0.482 e. The van der Waals surface area contributed by atoms with Gasteiger partial charge in [-0.2, -0.15) is 0 Å². The molecule has 10 heteroatoms. The molecular weight excluding hydrogens is 423 g/mol. The van der Waals surface area contributed by atoms with Crippen LogP contribution in [0.25, 0.3) is 0 Å². The van der Waals surface area contributed by atoms with E-state index in [1.807, 2.05) is 0 Å². The monoisotopic (exact) mass is 440 g/mol. The second-order valence-corrected chi connectivity index (χ2v) is 9.43. The fourth-order valence-electron chi connectivity index (χ4n) is 2.90. The summed E-state index contributed by atoms with van der Waals surface area (Å²) in [5, 5.41) is 3.94. The molecule has 1 atom stereocenters. The van der Waals surface area contributed by atoms with Crippen LogP contribution in [0.3, 0.4) is 0 Å². The van der Waals surface area contributed by atoms with Gasteiger partial charge in [-0.05, 0) is 43.7 Å². The number of carbonyl (C=O) groups excluding carboxylic acids is 2. The highest BCUT2D eigenvalue weighted by molar-refractivity contribution is 7.92. The fourth-order valence-corrected chi connectivity index (χ4v) is 4.66. The van der Waals surface area contributed by atoms with Crippen molar-refractivity contribution in [2.75, 3.05) is 17.2 Å². The van der Waals surface area contributed by atoms with Gasteiger partial charge in [-0.25, -0.2) is 12.8 Å². The summed E-state index contributed by atoms with van der Waals surface area (Å²) in [6.07, 6.45) is -0.314. The van der Waals surface area contributed by atoms with E-state index in [0.29, 0.717) is 11.3 Å². The van der Waals surface area contributed by atoms with Crippen LogP contribution in [0.2, 0.25) is 5.02 Å². The minimum Gasteiger partial charge on any atom is -0.482 e. The molecule has 0 fully saturated rings. The smallest absolute Gasteiger partial charge is 0.262 e. The number of amides is 2. The van der Waals surface area contributed by atoms with E-state index in [1.54, 1.807) is 6.92 Å². The Balaban J connectivity index is 1.77.